The fraction of sp³-hybridized carbons (Fsp3) is 0.133. The lowest BCUT2D eigenvalue weighted by Crippen LogP contribution is -2.21. The smallest absolute Gasteiger partial charge is 0.184 e. The number of hydrogen-bond donors (Lipinski definition) is 1. The van der Waals surface area contributed by atoms with Gasteiger partial charge in [-0.1, -0.05) is 23.7 Å². The van der Waals surface area contributed by atoms with Crippen LogP contribution >= 0.6 is 11.6 Å². The van der Waals surface area contributed by atoms with Crippen molar-refractivity contribution in [2.75, 3.05) is 7.11 Å². The van der Waals surface area contributed by atoms with Crippen molar-refractivity contribution in [3.63, 3.8) is 0 Å². The van der Waals surface area contributed by atoms with Crippen molar-refractivity contribution >= 4 is 17.4 Å². The van der Waals surface area contributed by atoms with Gasteiger partial charge in [0, 0.05) is 10.6 Å². The Morgan fingerprint density at radius 1 is 1.11 bits per heavy atom. The summed E-state index contributed by atoms with van der Waals surface area (Å²) >= 11 is 5.79. The molecule has 2 rings (SSSR count). The molecule has 1 unspecified atom stereocenters. The molecule has 0 aliphatic heterocycles. The second-order valence-electron chi connectivity index (χ2n) is 4.12. The molecule has 0 aliphatic rings. The molecule has 1 atom stereocenters. The third kappa shape index (κ3) is 3.13. The Hall–Kier alpha value is -1.84. The standard InChI is InChI=1S/C15H14ClNO2/c1-19-13-8-4-10(5-9-13)14(17)15(18)11-2-6-12(16)7-3-11/h2-9,14H,17H2,1H3. The predicted molar refractivity (Wildman–Crippen MR) is 75.7 cm³/mol. The van der Waals surface area contributed by atoms with Crippen LogP contribution in [-0.2, 0) is 0 Å². The van der Waals surface area contributed by atoms with Crippen molar-refractivity contribution in [2.45, 2.75) is 6.04 Å². The summed E-state index contributed by atoms with van der Waals surface area (Å²) in [5.74, 6) is 0.594. The lowest BCUT2D eigenvalue weighted by atomic mass is 9.98. The number of methoxy groups -OCH3 is 1. The minimum absolute atomic E-state index is 0.137. The first-order chi connectivity index (χ1) is 9.11. The minimum atomic E-state index is -0.688. The maximum absolute atomic E-state index is 12.2. The largest absolute Gasteiger partial charge is 0.497 e. The number of halogens is 1. The first-order valence-electron chi connectivity index (χ1n) is 5.81. The monoisotopic (exact) mass is 275 g/mol. The van der Waals surface area contributed by atoms with Gasteiger partial charge in [-0.15, -0.1) is 0 Å². The topological polar surface area (TPSA) is 52.3 Å². The SMILES string of the molecule is COc1ccc(C(N)C(=O)c2ccc(Cl)cc2)cc1. The number of ketones is 1. The van der Waals surface area contributed by atoms with E-state index in [4.69, 9.17) is 22.1 Å². The van der Waals surface area contributed by atoms with Crippen LogP contribution in [0.25, 0.3) is 0 Å². The highest BCUT2D eigenvalue weighted by Gasteiger charge is 2.17. The number of carbonyl (C=O) groups is 1. The summed E-state index contributed by atoms with van der Waals surface area (Å²) in [6.07, 6.45) is 0. The molecule has 0 aliphatic carbocycles. The van der Waals surface area contributed by atoms with Crippen LogP contribution in [-0.4, -0.2) is 12.9 Å². The molecule has 0 fully saturated rings. The van der Waals surface area contributed by atoms with Crippen molar-refractivity contribution in [1.29, 1.82) is 0 Å². The summed E-state index contributed by atoms with van der Waals surface area (Å²) in [7, 11) is 1.59. The lowest BCUT2D eigenvalue weighted by molar-refractivity contribution is 0.0961. The van der Waals surface area contributed by atoms with E-state index < -0.39 is 6.04 Å². The van der Waals surface area contributed by atoms with Gasteiger partial charge in [0.2, 0.25) is 0 Å². The fourth-order valence-electron chi connectivity index (χ4n) is 1.76. The van der Waals surface area contributed by atoms with Gasteiger partial charge in [-0.05, 0) is 42.0 Å². The van der Waals surface area contributed by atoms with Crippen LogP contribution < -0.4 is 10.5 Å². The second kappa shape index (κ2) is 5.87. The van der Waals surface area contributed by atoms with Crippen LogP contribution in [0.4, 0.5) is 0 Å². The molecule has 0 heterocycles. The Labute approximate surface area is 117 Å². The molecule has 2 aromatic rings. The molecule has 0 saturated carbocycles. The van der Waals surface area contributed by atoms with Gasteiger partial charge in [-0.25, -0.2) is 0 Å². The van der Waals surface area contributed by atoms with E-state index in [1.54, 1.807) is 55.6 Å². The number of rotatable bonds is 4. The molecule has 0 amide bonds. The van der Waals surface area contributed by atoms with E-state index in [1.807, 2.05) is 0 Å². The van der Waals surface area contributed by atoms with Crippen LogP contribution in [0.15, 0.2) is 48.5 Å². The van der Waals surface area contributed by atoms with Crippen LogP contribution in [0.5, 0.6) is 5.75 Å². The summed E-state index contributed by atoms with van der Waals surface area (Å²) in [4.78, 5) is 12.2. The summed E-state index contributed by atoms with van der Waals surface area (Å²) in [6, 6.07) is 13.2. The van der Waals surface area contributed by atoms with E-state index >= 15 is 0 Å². The zero-order chi connectivity index (χ0) is 13.8. The molecule has 3 nitrogen and oxygen atoms in total. The molecule has 4 heteroatoms. The second-order valence-corrected chi connectivity index (χ2v) is 4.56. The zero-order valence-electron chi connectivity index (χ0n) is 10.5. The molecule has 2 N–H and O–H groups in total. The number of nitrogens with two attached hydrogens (primary N) is 1. The maximum atomic E-state index is 12.2. The van der Waals surface area contributed by atoms with E-state index in [9.17, 15) is 4.79 Å². The molecule has 0 aromatic heterocycles. The van der Waals surface area contributed by atoms with E-state index in [0.29, 0.717) is 10.6 Å². The average Bonchev–Trinajstić information content (AvgIpc) is 2.46. The van der Waals surface area contributed by atoms with Gasteiger partial charge >= 0.3 is 0 Å². The third-order valence-corrected chi connectivity index (χ3v) is 3.14. The Morgan fingerprint density at radius 3 is 2.21 bits per heavy atom. The quantitative estimate of drug-likeness (QED) is 0.872. The molecule has 19 heavy (non-hydrogen) atoms. The third-order valence-electron chi connectivity index (χ3n) is 2.89. The molecule has 0 saturated heterocycles. The van der Waals surface area contributed by atoms with Gasteiger partial charge in [-0.2, -0.15) is 0 Å². The molecular weight excluding hydrogens is 262 g/mol. The van der Waals surface area contributed by atoms with Crippen LogP contribution in [0.3, 0.4) is 0 Å². The Morgan fingerprint density at radius 2 is 1.68 bits per heavy atom. The highest BCUT2D eigenvalue weighted by molar-refractivity contribution is 6.30. The van der Waals surface area contributed by atoms with Gasteiger partial charge < -0.3 is 10.5 Å². The van der Waals surface area contributed by atoms with Crippen LogP contribution in [0.2, 0.25) is 5.02 Å². The van der Waals surface area contributed by atoms with Crippen molar-refractivity contribution in [1.82, 2.24) is 0 Å². The number of Topliss-reactive ketones (excluding diaryl/α,β-unsaturated/α-hetero) is 1. The summed E-state index contributed by atoms with van der Waals surface area (Å²) in [5, 5.41) is 0.592. The molecule has 0 bridgehead atoms. The Balaban J connectivity index is 2.20. The summed E-state index contributed by atoms with van der Waals surface area (Å²) < 4.78 is 5.07. The lowest BCUT2D eigenvalue weighted by Gasteiger charge is -2.11. The van der Waals surface area contributed by atoms with Crippen molar-refractivity contribution in [3.05, 3.63) is 64.7 Å². The van der Waals surface area contributed by atoms with Gasteiger partial charge in [-0.3, -0.25) is 4.79 Å². The van der Waals surface area contributed by atoms with Gasteiger partial charge in [0.25, 0.3) is 0 Å². The average molecular weight is 276 g/mol. The molecule has 98 valence electrons. The number of hydrogen-bond acceptors (Lipinski definition) is 3. The Kier molecular flexibility index (Phi) is 4.20. The molecule has 0 radical (unpaired) electrons. The van der Waals surface area contributed by atoms with Gasteiger partial charge in [0.1, 0.15) is 5.75 Å². The molecular formula is C15H14ClNO2. The van der Waals surface area contributed by atoms with Crippen LogP contribution in [0.1, 0.15) is 22.0 Å². The van der Waals surface area contributed by atoms with Crippen molar-refractivity contribution < 1.29 is 9.53 Å². The number of benzene rings is 2. The van der Waals surface area contributed by atoms with Crippen molar-refractivity contribution in [3.8, 4) is 5.75 Å². The van der Waals surface area contributed by atoms with Crippen LogP contribution in [0, 0.1) is 0 Å². The molecule has 2 aromatic carbocycles. The normalized spacial score (nSPS) is 11.9. The summed E-state index contributed by atoms with van der Waals surface area (Å²) in [5.41, 5.74) is 7.28. The number of carbonyl (C=O) groups excluding carboxylic acids is 1. The van der Waals surface area contributed by atoms with E-state index in [2.05, 4.69) is 0 Å². The van der Waals surface area contributed by atoms with E-state index in [0.717, 1.165) is 11.3 Å². The first-order valence-corrected chi connectivity index (χ1v) is 6.19. The molecule has 0 spiro atoms. The maximum Gasteiger partial charge on any atom is 0.184 e. The zero-order valence-corrected chi connectivity index (χ0v) is 11.2. The number of ether oxygens (including phenoxy) is 1. The van der Waals surface area contributed by atoms with Gasteiger partial charge in [0.05, 0.1) is 13.2 Å². The predicted octanol–water partition coefficient (Wildman–Crippen LogP) is 3.23. The summed E-state index contributed by atoms with van der Waals surface area (Å²) in [6.45, 7) is 0. The van der Waals surface area contributed by atoms with E-state index in [-0.39, 0.29) is 5.78 Å². The van der Waals surface area contributed by atoms with E-state index in [1.165, 1.54) is 0 Å². The van der Waals surface area contributed by atoms with Gasteiger partial charge in [0.15, 0.2) is 5.78 Å². The highest BCUT2D eigenvalue weighted by atomic mass is 35.5. The first kappa shape index (κ1) is 13.6. The highest BCUT2D eigenvalue weighted by Crippen LogP contribution is 2.20. The minimum Gasteiger partial charge on any atom is -0.497 e. The fourth-order valence-corrected chi connectivity index (χ4v) is 1.88. The Bertz CT molecular complexity index is 564. The van der Waals surface area contributed by atoms with Crippen molar-refractivity contribution in [2.24, 2.45) is 5.73 Å².